The molecule has 0 spiro atoms. The Balaban J connectivity index is 2.60. The molecule has 0 aliphatic heterocycles. The second-order valence-electron chi connectivity index (χ2n) is 4.07. The zero-order valence-electron chi connectivity index (χ0n) is 11.0. The van der Waals surface area contributed by atoms with Crippen LogP contribution in [0.4, 0.5) is 0 Å². The fraction of sp³-hybridized carbons (Fsp3) is 0.385. The Hall–Kier alpha value is -0.790. The highest BCUT2D eigenvalue weighted by Gasteiger charge is 2.10. The molecule has 1 atom stereocenters. The van der Waals surface area contributed by atoms with Gasteiger partial charge in [0.25, 0.3) is 0 Å². The smallest absolute Gasteiger partial charge is 0.149 e. The summed E-state index contributed by atoms with van der Waals surface area (Å²) < 4.78 is 1.24. The third kappa shape index (κ3) is 4.83. The Labute approximate surface area is 122 Å². The van der Waals surface area contributed by atoms with Gasteiger partial charge in [-0.25, -0.2) is 10.4 Å². The summed E-state index contributed by atoms with van der Waals surface area (Å²) in [6.07, 6.45) is -0.164. The lowest BCUT2D eigenvalue weighted by molar-refractivity contribution is 0.214. The van der Waals surface area contributed by atoms with Gasteiger partial charge in [0, 0.05) is 29.9 Å². The maximum Gasteiger partial charge on any atom is 0.149 e. The van der Waals surface area contributed by atoms with Crippen LogP contribution in [0.3, 0.4) is 0 Å². The lowest BCUT2D eigenvalue weighted by atomic mass is 10.2. The Morgan fingerprint density at radius 3 is 2.83 bits per heavy atom. The molecule has 98 valence electrons. The maximum atomic E-state index is 4.13. The molecule has 1 aromatic carbocycles. The summed E-state index contributed by atoms with van der Waals surface area (Å²) in [6, 6.07) is 8.42. The minimum atomic E-state index is -0.164. The van der Waals surface area contributed by atoms with Crippen LogP contribution in [0.25, 0.3) is 0 Å². The van der Waals surface area contributed by atoms with Crippen molar-refractivity contribution in [3.8, 4) is 0 Å². The molecule has 0 unspecified atom stereocenters. The van der Waals surface area contributed by atoms with Crippen LogP contribution in [-0.4, -0.2) is 37.7 Å². The molecule has 0 aliphatic carbocycles. The number of aliphatic imine (C=N–C) groups is 2. The van der Waals surface area contributed by atoms with E-state index in [1.54, 1.807) is 7.05 Å². The van der Waals surface area contributed by atoms with Gasteiger partial charge < -0.3 is 0 Å². The summed E-state index contributed by atoms with van der Waals surface area (Å²) >= 11 is 2.32. The first kappa shape index (κ1) is 15.3. The Kier molecular flexibility index (Phi) is 6.45. The SMILES string of the molecule is C=N[C@@H](NN(C)Cc1cccc(I)c1)/C(C)=N/C. The number of halogens is 1. The normalized spacial score (nSPS) is 13.7. The first-order chi connectivity index (χ1) is 8.56. The summed E-state index contributed by atoms with van der Waals surface area (Å²) in [5, 5.41) is 2.00. The molecule has 0 heterocycles. The summed E-state index contributed by atoms with van der Waals surface area (Å²) in [5.41, 5.74) is 5.43. The van der Waals surface area contributed by atoms with E-state index in [1.165, 1.54) is 9.13 Å². The van der Waals surface area contributed by atoms with Crippen molar-refractivity contribution in [3.63, 3.8) is 0 Å². The van der Waals surface area contributed by atoms with Gasteiger partial charge in [-0.3, -0.25) is 9.98 Å². The van der Waals surface area contributed by atoms with E-state index in [2.05, 4.69) is 69.0 Å². The van der Waals surface area contributed by atoms with Crippen LogP contribution in [-0.2, 0) is 6.54 Å². The average molecular weight is 358 g/mol. The van der Waals surface area contributed by atoms with Gasteiger partial charge in [-0.2, -0.15) is 0 Å². The summed E-state index contributed by atoms with van der Waals surface area (Å²) in [4.78, 5) is 8.15. The quantitative estimate of drug-likeness (QED) is 0.482. The van der Waals surface area contributed by atoms with E-state index in [1.807, 2.05) is 19.0 Å². The molecule has 1 N–H and O–H groups in total. The van der Waals surface area contributed by atoms with Gasteiger partial charge in [0.2, 0.25) is 0 Å². The van der Waals surface area contributed by atoms with Crippen LogP contribution in [0.1, 0.15) is 12.5 Å². The Morgan fingerprint density at radius 1 is 1.56 bits per heavy atom. The number of nitrogens with one attached hydrogen (secondary N) is 1. The highest BCUT2D eigenvalue weighted by molar-refractivity contribution is 14.1. The molecule has 1 rings (SSSR count). The van der Waals surface area contributed by atoms with Crippen molar-refractivity contribution in [1.82, 2.24) is 10.4 Å². The van der Waals surface area contributed by atoms with Crippen molar-refractivity contribution in [3.05, 3.63) is 33.4 Å². The molecule has 0 fully saturated rings. The van der Waals surface area contributed by atoms with Crippen molar-refractivity contribution >= 4 is 35.0 Å². The number of rotatable bonds is 6. The van der Waals surface area contributed by atoms with E-state index in [0.717, 1.165) is 12.3 Å². The topological polar surface area (TPSA) is 40.0 Å². The minimum Gasteiger partial charge on any atom is -0.294 e. The third-order valence-electron chi connectivity index (χ3n) is 2.58. The van der Waals surface area contributed by atoms with Gasteiger partial charge in [0.15, 0.2) is 0 Å². The van der Waals surface area contributed by atoms with E-state index >= 15 is 0 Å². The predicted octanol–water partition coefficient (Wildman–Crippen LogP) is 2.34. The monoisotopic (exact) mass is 358 g/mol. The van der Waals surface area contributed by atoms with Crippen LogP contribution < -0.4 is 5.43 Å². The first-order valence-electron chi connectivity index (χ1n) is 5.67. The first-order valence-corrected chi connectivity index (χ1v) is 6.75. The Morgan fingerprint density at radius 2 is 2.28 bits per heavy atom. The molecule has 18 heavy (non-hydrogen) atoms. The van der Waals surface area contributed by atoms with Crippen LogP contribution in [0.15, 0.2) is 34.3 Å². The molecule has 5 heteroatoms. The predicted molar refractivity (Wildman–Crippen MR) is 86.1 cm³/mol. The zero-order valence-corrected chi connectivity index (χ0v) is 13.2. The number of benzene rings is 1. The fourth-order valence-corrected chi connectivity index (χ4v) is 2.16. The molecule has 0 radical (unpaired) electrons. The van der Waals surface area contributed by atoms with Crippen LogP contribution >= 0.6 is 22.6 Å². The number of hydrogen-bond acceptors (Lipinski definition) is 4. The molecular formula is C13H19IN4. The van der Waals surface area contributed by atoms with Crippen molar-refractivity contribution in [1.29, 1.82) is 0 Å². The van der Waals surface area contributed by atoms with Crippen molar-refractivity contribution in [2.75, 3.05) is 14.1 Å². The van der Waals surface area contributed by atoms with E-state index < -0.39 is 0 Å². The highest BCUT2D eigenvalue weighted by Crippen LogP contribution is 2.09. The van der Waals surface area contributed by atoms with Crippen LogP contribution in [0.5, 0.6) is 0 Å². The minimum absolute atomic E-state index is 0.164. The van der Waals surface area contributed by atoms with Gasteiger partial charge in [-0.1, -0.05) is 12.1 Å². The molecule has 0 aliphatic rings. The van der Waals surface area contributed by atoms with Crippen molar-refractivity contribution < 1.29 is 0 Å². The van der Waals surface area contributed by atoms with E-state index in [4.69, 9.17) is 0 Å². The van der Waals surface area contributed by atoms with E-state index in [9.17, 15) is 0 Å². The number of hydrogen-bond donors (Lipinski definition) is 1. The molecule has 0 amide bonds. The second-order valence-corrected chi connectivity index (χ2v) is 5.31. The number of nitrogens with zero attached hydrogens (tertiary/aromatic N) is 3. The molecule has 0 bridgehead atoms. The fourth-order valence-electron chi connectivity index (χ4n) is 1.55. The summed E-state index contributed by atoms with van der Waals surface area (Å²) in [5.74, 6) is 0. The van der Waals surface area contributed by atoms with Gasteiger partial charge in [-0.15, -0.1) is 0 Å². The standard InChI is InChI=1S/C13H19IN4/c1-10(15-2)13(16-3)17-18(4)9-11-6-5-7-12(14)8-11/h5-8,13,17H,3,9H2,1-2,4H3/b15-10+/t13-/m0/s1. The van der Waals surface area contributed by atoms with Crippen LogP contribution in [0.2, 0.25) is 0 Å². The van der Waals surface area contributed by atoms with Crippen LogP contribution in [0, 0.1) is 3.57 Å². The zero-order chi connectivity index (χ0) is 13.5. The molecule has 4 nitrogen and oxygen atoms in total. The van der Waals surface area contributed by atoms with Crippen molar-refractivity contribution in [2.24, 2.45) is 9.98 Å². The molecule has 1 aromatic rings. The largest absolute Gasteiger partial charge is 0.294 e. The average Bonchev–Trinajstić information content (AvgIpc) is 2.35. The van der Waals surface area contributed by atoms with E-state index in [0.29, 0.717) is 0 Å². The van der Waals surface area contributed by atoms with Gasteiger partial charge in [-0.05, 0) is 53.9 Å². The highest BCUT2D eigenvalue weighted by atomic mass is 127. The molecular weight excluding hydrogens is 339 g/mol. The van der Waals surface area contributed by atoms with Gasteiger partial charge in [0.05, 0.1) is 0 Å². The summed E-state index contributed by atoms with van der Waals surface area (Å²) in [7, 11) is 3.75. The maximum absolute atomic E-state index is 4.13. The lowest BCUT2D eigenvalue weighted by Crippen LogP contribution is -2.44. The molecule has 0 aromatic heterocycles. The van der Waals surface area contributed by atoms with E-state index in [-0.39, 0.29) is 6.17 Å². The van der Waals surface area contributed by atoms with Crippen molar-refractivity contribution in [2.45, 2.75) is 19.6 Å². The second kappa shape index (κ2) is 7.60. The van der Waals surface area contributed by atoms with Gasteiger partial charge in [0.1, 0.15) is 6.17 Å². The number of hydrazine groups is 1. The molecule has 0 saturated carbocycles. The third-order valence-corrected chi connectivity index (χ3v) is 3.25. The molecule has 0 saturated heterocycles. The Bertz CT molecular complexity index is 431. The lowest BCUT2D eigenvalue weighted by Gasteiger charge is -2.23. The summed E-state index contributed by atoms with van der Waals surface area (Å²) in [6.45, 7) is 6.32. The van der Waals surface area contributed by atoms with Gasteiger partial charge >= 0.3 is 0 Å².